The molecule has 0 aliphatic rings. The fourth-order valence-corrected chi connectivity index (χ4v) is 1.33. The van der Waals surface area contributed by atoms with E-state index in [4.69, 9.17) is 0 Å². The van der Waals surface area contributed by atoms with Gasteiger partial charge in [-0.05, 0) is 29.1 Å². The summed E-state index contributed by atoms with van der Waals surface area (Å²) in [5, 5.41) is 3.90. The van der Waals surface area contributed by atoms with Gasteiger partial charge in [0.05, 0.1) is 0 Å². The Kier molecular flexibility index (Phi) is 7.58. The zero-order valence-corrected chi connectivity index (χ0v) is 10.5. The lowest BCUT2D eigenvalue weighted by Crippen LogP contribution is -1.92. The van der Waals surface area contributed by atoms with Gasteiger partial charge in [-0.2, -0.15) is 0 Å². The van der Waals surface area contributed by atoms with Crippen LogP contribution in [0.4, 0.5) is 0 Å². The van der Waals surface area contributed by atoms with Crippen molar-refractivity contribution in [1.82, 2.24) is 0 Å². The van der Waals surface area contributed by atoms with Crippen molar-refractivity contribution in [2.45, 2.75) is 34.1 Å². The zero-order valence-electron chi connectivity index (χ0n) is 9.66. The highest BCUT2D eigenvalue weighted by atomic mass is 32.2. The lowest BCUT2D eigenvalue weighted by atomic mass is 10.1. The third-order valence-corrected chi connectivity index (χ3v) is 2.06. The van der Waals surface area contributed by atoms with E-state index in [0.29, 0.717) is 11.8 Å². The summed E-state index contributed by atoms with van der Waals surface area (Å²) >= 11 is 1.60. The molecule has 0 saturated carbocycles. The normalized spacial score (nSPS) is 13.1. The van der Waals surface area contributed by atoms with Crippen molar-refractivity contribution in [2.24, 2.45) is 16.8 Å². The van der Waals surface area contributed by atoms with Gasteiger partial charge in [-0.3, -0.25) is 4.99 Å². The molecule has 0 aromatic carbocycles. The molecule has 0 unspecified atom stereocenters. The number of rotatable bonds is 6. The SMILES string of the molecule is C=CS/C=C(/CC(C)C)N=CC(C)C. The van der Waals surface area contributed by atoms with Gasteiger partial charge in [0.25, 0.3) is 0 Å². The molecule has 14 heavy (non-hydrogen) atoms. The van der Waals surface area contributed by atoms with Crippen molar-refractivity contribution >= 4 is 18.0 Å². The van der Waals surface area contributed by atoms with Crippen molar-refractivity contribution in [3.8, 4) is 0 Å². The van der Waals surface area contributed by atoms with Crippen LogP contribution in [0.25, 0.3) is 0 Å². The second kappa shape index (κ2) is 7.86. The van der Waals surface area contributed by atoms with E-state index >= 15 is 0 Å². The fourth-order valence-electron chi connectivity index (χ4n) is 0.921. The smallest absolute Gasteiger partial charge is 0.0468 e. The molecular formula is C12H21NS. The van der Waals surface area contributed by atoms with Crippen LogP contribution in [0.1, 0.15) is 34.1 Å². The van der Waals surface area contributed by atoms with Crippen LogP contribution in [0.2, 0.25) is 0 Å². The van der Waals surface area contributed by atoms with Crippen LogP contribution >= 0.6 is 11.8 Å². The van der Waals surface area contributed by atoms with E-state index < -0.39 is 0 Å². The summed E-state index contributed by atoms with van der Waals surface area (Å²) in [4.78, 5) is 4.47. The molecule has 0 fully saturated rings. The van der Waals surface area contributed by atoms with Crippen molar-refractivity contribution in [2.75, 3.05) is 0 Å². The third-order valence-electron chi connectivity index (χ3n) is 1.46. The fraction of sp³-hybridized carbons (Fsp3) is 0.583. The molecule has 0 saturated heterocycles. The van der Waals surface area contributed by atoms with Crippen LogP contribution in [0.3, 0.4) is 0 Å². The Morgan fingerprint density at radius 1 is 1.36 bits per heavy atom. The molecule has 0 spiro atoms. The maximum atomic E-state index is 4.47. The van der Waals surface area contributed by atoms with Gasteiger partial charge in [-0.1, -0.05) is 34.3 Å². The minimum Gasteiger partial charge on any atom is -0.265 e. The average molecular weight is 211 g/mol. The maximum absolute atomic E-state index is 4.47. The predicted octanol–water partition coefficient (Wildman–Crippen LogP) is 4.48. The monoisotopic (exact) mass is 211 g/mol. The first-order valence-electron chi connectivity index (χ1n) is 5.05. The largest absolute Gasteiger partial charge is 0.265 e. The molecule has 0 heterocycles. The quantitative estimate of drug-likeness (QED) is 0.590. The Balaban J connectivity index is 4.31. The van der Waals surface area contributed by atoms with Gasteiger partial charge in [0.1, 0.15) is 0 Å². The van der Waals surface area contributed by atoms with Crippen LogP contribution in [0.5, 0.6) is 0 Å². The second-order valence-corrected chi connectivity index (χ2v) is 4.87. The van der Waals surface area contributed by atoms with Gasteiger partial charge >= 0.3 is 0 Å². The molecular weight excluding hydrogens is 190 g/mol. The summed E-state index contributed by atoms with van der Waals surface area (Å²) < 4.78 is 0. The van der Waals surface area contributed by atoms with Gasteiger partial charge in [-0.15, -0.1) is 11.8 Å². The van der Waals surface area contributed by atoms with Gasteiger partial charge in [0.2, 0.25) is 0 Å². The van der Waals surface area contributed by atoms with E-state index in [0.717, 1.165) is 12.1 Å². The van der Waals surface area contributed by atoms with E-state index in [1.807, 2.05) is 11.6 Å². The highest BCUT2D eigenvalue weighted by Crippen LogP contribution is 2.17. The summed E-state index contributed by atoms with van der Waals surface area (Å²) in [6.07, 6.45) is 3.03. The predicted molar refractivity (Wildman–Crippen MR) is 68.7 cm³/mol. The topological polar surface area (TPSA) is 12.4 Å². The minimum atomic E-state index is 0.513. The molecule has 0 radical (unpaired) electrons. The van der Waals surface area contributed by atoms with Crippen molar-refractivity contribution in [1.29, 1.82) is 0 Å². The Morgan fingerprint density at radius 3 is 2.43 bits per heavy atom. The number of nitrogens with zero attached hydrogens (tertiary/aromatic N) is 1. The zero-order chi connectivity index (χ0) is 11.0. The number of hydrogen-bond acceptors (Lipinski definition) is 2. The Bertz CT molecular complexity index is 214. The van der Waals surface area contributed by atoms with Crippen LogP contribution in [-0.2, 0) is 0 Å². The third kappa shape index (κ3) is 8.11. The molecule has 0 aliphatic heterocycles. The molecule has 0 N–H and O–H groups in total. The van der Waals surface area contributed by atoms with Gasteiger partial charge in [-0.25, -0.2) is 0 Å². The van der Waals surface area contributed by atoms with Crippen LogP contribution in [0, 0.1) is 11.8 Å². The van der Waals surface area contributed by atoms with Crippen molar-refractivity contribution < 1.29 is 0 Å². The second-order valence-electron chi connectivity index (χ2n) is 4.03. The first-order valence-corrected chi connectivity index (χ1v) is 6.00. The lowest BCUT2D eigenvalue weighted by molar-refractivity contribution is 0.639. The van der Waals surface area contributed by atoms with Crippen LogP contribution in [-0.4, -0.2) is 6.21 Å². The minimum absolute atomic E-state index is 0.513. The van der Waals surface area contributed by atoms with Crippen LogP contribution < -0.4 is 0 Å². The summed E-state index contributed by atoms with van der Waals surface area (Å²) in [6.45, 7) is 12.4. The Labute approximate surface area is 92.4 Å². The molecule has 0 aromatic rings. The Morgan fingerprint density at radius 2 is 2.00 bits per heavy atom. The first-order chi connectivity index (χ1) is 6.56. The molecule has 1 nitrogen and oxygen atoms in total. The highest BCUT2D eigenvalue weighted by Gasteiger charge is 1.99. The van der Waals surface area contributed by atoms with E-state index in [-0.39, 0.29) is 0 Å². The number of thioether (sulfide) groups is 1. The molecule has 0 atom stereocenters. The van der Waals surface area contributed by atoms with Crippen molar-refractivity contribution in [3.05, 3.63) is 23.1 Å². The van der Waals surface area contributed by atoms with E-state index in [1.54, 1.807) is 11.8 Å². The van der Waals surface area contributed by atoms with E-state index in [2.05, 4.69) is 44.7 Å². The summed E-state index contributed by atoms with van der Waals surface area (Å²) in [5.41, 5.74) is 1.15. The highest BCUT2D eigenvalue weighted by molar-refractivity contribution is 8.04. The number of allylic oxidation sites excluding steroid dienone is 1. The summed E-state index contributed by atoms with van der Waals surface area (Å²) in [7, 11) is 0. The summed E-state index contributed by atoms with van der Waals surface area (Å²) in [5.74, 6) is 1.16. The molecule has 0 rings (SSSR count). The van der Waals surface area contributed by atoms with Crippen LogP contribution in [0.15, 0.2) is 28.1 Å². The standard InChI is InChI=1S/C12H21NS/c1-6-14-9-12(7-10(2)3)13-8-11(4)5/h6,8-11H,1,7H2,2-5H3/b12-9-,13-8?. The summed E-state index contributed by atoms with van der Waals surface area (Å²) in [6, 6.07) is 0. The molecule has 2 heteroatoms. The molecule has 0 aliphatic carbocycles. The molecule has 0 bridgehead atoms. The van der Waals surface area contributed by atoms with E-state index in [1.165, 1.54) is 0 Å². The lowest BCUT2D eigenvalue weighted by Gasteiger charge is -2.05. The van der Waals surface area contributed by atoms with Gasteiger partial charge < -0.3 is 0 Å². The first kappa shape index (κ1) is 13.5. The average Bonchev–Trinajstić information content (AvgIpc) is 2.09. The van der Waals surface area contributed by atoms with Gasteiger partial charge in [0.15, 0.2) is 0 Å². The van der Waals surface area contributed by atoms with Gasteiger partial charge in [0, 0.05) is 11.9 Å². The Hall–Kier alpha value is -0.500. The van der Waals surface area contributed by atoms with E-state index in [9.17, 15) is 0 Å². The number of hydrogen-bond donors (Lipinski definition) is 0. The molecule has 0 aromatic heterocycles. The van der Waals surface area contributed by atoms with Crippen molar-refractivity contribution in [3.63, 3.8) is 0 Å². The molecule has 80 valence electrons. The maximum Gasteiger partial charge on any atom is 0.0468 e. The molecule has 0 amide bonds. The number of aliphatic imine (C=N–C) groups is 1.